The second-order valence-electron chi connectivity index (χ2n) is 0.519. The maximum atomic E-state index is 9.25. The normalized spacial score (nSPS) is 15.5. The van der Waals surface area contributed by atoms with Gasteiger partial charge >= 0.3 is 28.5 Å². The third-order valence-corrected chi connectivity index (χ3v) is 0. The van der Waals surface area contributed by atoms with E-state index in [9.17, 15) is 3.74 Å². The molecule has 0 fully saturated rings. The summed E-state index contributed by atoms with van der Waals surface area (Å²) in [5.41, 5.74) is 1.33. The van der Waals surface area contributed by atoms with Crippen LogP contribution in [0, 0.1) is 0 Å². The van der Waals surface area contributed by atoms with Gasteiger partial charge in [-0.3, -0.25) is 0 Å². The zero-order chi connectivity index (χ0) is 3.58. The Hall–Kier alpha value is 0.318. The van der Waals surface area contributed by atoms with Crippen LogP contribution in [-0.4, -0.2) is 19.0 Å². The van der Waals surface area contributed by atoms with E-state index in [0.29, 0.717) is 0 Å². The van der Waals surface area contributed by atoms with Gasteiger partial charge in [-0.1, -0.05) is 0 Å². The molecule has 0 aromatic heterocycles. The minimum absolute atomic E-state index is 1.33. The van der Waals surface area contributed by atoms with E-state index >= 15 is 0 Å². The monoisotopic (exact) mass is 124 g/mol. The molecule has 0 heterocycles. The molecule has 4 heavy (non-hydrogen) atoms. The molecule has 0 saturated carbocycles. The fourth-order valence-electron chi connectivity index (χ4n) is 0. The van der Waals surface area contributed by atoms with Crippen LogP contribution in [-0.2, 0) is 3.74 Å². The molecule has 0 aromatic rings. The van der Waals surface area contributed by atoms with Gasteiger partial charge in [-0.15, -0.1) is 0 Å². The molecule has 0 rings (SSSR count). The summed E-state index contributed by atoms with van der Waals surface area (Å²) in [7, 11) is 0. The minimum atomic E-state index is -2.58. The molecule has 0 aliphatic rings. The Morgan fingerprint density at radius 1 is 2.00 bits per heavy atom. The van der Waals surface area contributed by atoms with E-state index in [1.165, 1.54) is 5.71 Å². The molecule has 0 aliphatic carbocycles. The van der Waals surface area contributed by atoms with Gasteiger partial charge in [-0.2, -0.15) is 0 Å². The fraction of sp³-hybridized carbons (Fsp3) is 1.00. The molecular weight excluding hydrogens is 119 g/mol. The number of hydrogen-bond acceptors (Lipinski definition) is 1. The summed E-state index contributed by atoms with van der Waals surface area (Å²) in [5, 5.41) is 0. The summed E-state index contributed by atoms with van der Waals surface area (Å²) in [5.74, 6) is 0. The van der Waals surface area contributed by atoms with Gasteiger partial charge < -0.3 is 0 Å². The summed E-state index contributed by atoms with van der Waals surface area (Å²) >= 11 is -2.58. The van der Waals surface area contributed by atoms with Crippen molar-refractivity contribution >= 4 is 14.9 Å². The topological polar surface area (TPSA) is 37.3 Å². The Morgan fingerprint density at radius 3 is 2.00 bits per heavy atom. The first-order chi connectivity index (χ1) is 1.73. The molecule has 26 valence electrons. The molecule has 0 bridgehead atoms. The number of hydrogen-bond donors (Lipinski definition) is 1. The Labute approximate surface area is 29.3 Å². The van der Waals surface area contributed by atoms with Crippen molar-refractivity contribution in [2.45, 2.75) is 5.71 Å². The molecule has 0 aromatic carbocycles. The van der Waals surface area contributed by atoms with Crippen LogP contribution >= 0.6 is 0 Å². The second kappa shape index (κ2) is 1.62. The predicted octanol–water partition coefficient (Wildman–Crippen LogP) is -0.741. The molecule has 2 nitrogen and oxygen atoms in total. The Kier molecular flexibility index (Phi) is 1.75. The van der Waals surface area contributed by atoms with Crippen molar-refractivity contribution in [1.82, 2.24) is 0 Å². The van der Waals surface area contributed by atoms with Crippen LogP contribution in [0.1, 0.15) is 0 Å². The zero-order valence-electron chi connectivity index (χ0n) is 2.36. The van der Waals surface area contributed by atoms with Crippen LogP contribution in [0.2, 0.25) is 5.71 Å². The van der Waals surface area contributed by atoms with Crippen LogP contribution in [0.15, 0.2) is 0 Å². The summed E-state index contributed by atoms with van der Waals surface area (Å²) in [4.78, 5) is 0. The van der Waals surface area contributed by atoms with Crippen molar-refractivity contribution in [2.24, 2.45) is 0 Å². The summed E-state index contributed by atoms with van der Waals surface area (Å²) in [6, 6.07) is 0. The molecule has 1 N–H and O–H groups in total. The third-order valence-electron chi connectivity index (χ3n) is 0. The van der Waals surface area contributed by atoms with Crippen LogP contribution in [0.3, 0.4) is 0 Å². The van der Waals surface area contributed by atoms with Gasteiger partial charge in [0, 0.05) is 0 Å². The van der Waals surface area contributed by atoms with Crippen LogP contribution in [0.4, 0.5) is 0 Å². The van der Waals surface area contributed by atoms with Crippen molar-refractivity contribution < 1.29 is 7.84 Å². The number of rotatable bonds is 0. The van der Waals surface area contributed by atoms with Gasteiger partial charge in [0.2, 0.25) is 0 Å². The molecule has 0 radical (unpaired) electrons. The van der Waals surface area contributed by atoms with Gasteiger partial charge in [0.1, 0.15) is 0 Å². The van der Waals surface area contributed by atoms with E-state index < -0.39 is 14.9 Å². The van der Waals surface area contributed by atoms with Gasteiger partial charge in [0.05, 0.1) is 0 Å². The molecule has 1 unspecified atom stereocenters. The standard InChI is InChI=1S/CH5AsO2/c1-2(3)4/h2H,1H3,(H,3,4). The molecule has 0 saturated heterocycles. The second-order valence-corrected chi connectivity index (χ2v) is 2.70. The quantitative estimate of drug-likeness (QED) is 0.432. The van der Waals surface area contributed by atoms with Crippen LogP contribution in [0.5, 0.6) is 0 Å². The fourth-order valence-corrected chi connectivity index (χ4v) is 0. The molecule has 1 atom stereocenters. The van der Waals surface area contributed by atoms with Gasteiger partial charge in [-0.05, 0) is 0 Å². The van der Waals surface area contributed by atoms with Crippen molar-refractivity contribution in [1.29, 1.82) is 0 Å². The van der Waals surface area contributed by atoms with Crippen LogP contribution < -0.4 is 0 Å². The molecule has 0 aliphatic heterocycles. The van der Waals surface area contributed by atoms with E-state index in [1.54, 1.807) is 0 Å². The summed E-state index contributed by atoms with van der Waals surface area (Å²) in [6.45, 7) is 0. The van der Waals surface area contributed by atoms with Gasteiger partial charge in [0.15, 0.2) is 0 Å². The van der Waals surface area contributed by atoms with E-state index in [2.05, 4.69) is 0 Å². The molecular formula is CH5AsO2. The van der Waals surface area contributed by atoms with Gasteiger partial charge in [-0.25, -0.2) is 0 Å². The first kappa shape index (κ1) is 4.32. The Bertz CT molecular complexity index is 29.0. The summed E-state index contributed by atoms with van der Waals surface area (Å²) in [6.07, 6.45) is 0. The van der Waals surface area contributed by atoms with E-state index in [0.717, 1.165) is 0 Å². The predicted molar refractivity (Wildman–Crippen MR) is 15.9 cm³/mol. The van der Waals surface area contributed by atoms with E-state index in [1.807, 2.05) is 0 Å². The Morgan fingerprint density at radius 2 is 2.00 bits per heavy atom. The van der Waals surface area contributed by atoms with Crippen molar-refractivity contribution in [3.05, 3.63) is 0 Å². The first-order valence-electron chi connectivity index (χ1n) is 0.928. The van der Waals surface area contributed by atoms with Crippen LogP contribution in [0.25, 0.3) is 0 Å². The maximum absolute atomic E-state index is 9.25. The van der Waals surface area contributed by atoms with Gasteiger partial charge in [0.25, 0.3) is 0 Å². The average Bonchev–Trinajstić information content (AvgIpc) is 0.811. The molecule has 0 amide bonds. The van der Waals surface area contributed by atoms with Crippen molar-refractivity contribution in [2.75, 3.05) is 0 Å². The molecule has 3 heteroatoms. The first-order valence-corrected chi connectivity index (χ1v) is 4.82. The van der Waals surface area contributed by atoms with E-state index in [4.69, 9.17) is 4.10 Å². The molecule has 0 spiro atoms. The summed E-state index contributed by atoms with van der Waals surface area (Å²) < 4.78 is 16.9. The SMILES string of the molecule is C[AsH](=O)O. The van der Waals surface area contributed by atoms with E-state index in [-0.39, 0.29) is 0 Å². The third kappa shape index (κ3) is 39.7. The average molecular weight is 124 g/mol. The van der Waals surface area contributed by atoms with Crippen molar-refractivity contribution in [3.8, 4) is 0 Å². The van der Waals surface area contributed by atoms with Crippen molar-refractivity contribution in [3.63, 3.8) is 0 Å². The Balaban J connectivity index is 2.80. The zero-order valence-corrected chi connectivity index (χ0v) is 4.45.